The second kappa shape index (κ2) is 6.85. The predicted molar refractivity (Wildman–Crippen MR) is 117 cm³/mol. The normalized spacial score (nSPS) is 16.0. The Hall–Kier alpha value is -3.38. The van der Waals surface area contributed by atoms with Gasteiger partial charge in [-0.3, -0.25) is 13.9 Å². The molecule has 1 atom stereocenters. The third-order valence-electron chi connectivity index (χ3n) is 5.94. The maximum atomic E-state index is 13.3. The highest BCUT2D eigenvalue weighted by Gasteiger charge is 2.32. The number of hydrogen-bond acceptors (Lipinski definition) is 3. The molecular formula is C24H23N3O3. The van der Waals surface area contributed by atoms with E-state index in [1.807, 2.05) is 55.5 Å². The molecule has 0 aliphatic carbocycles. The molecule has 0 radical (unpaired) electrons. The molecule has 2 aromatic carbocycles. The van der Waals surface area contributed by atoms with Crippen LogP contribution in [0.1, 0.15) is 22.9 Å². The fourth-order valence-electron chi connectivity index (χ4n) is 4.56. The molecule has 0 N–H and O–H groups in total. The van der Waals surface area contributed by atoms with E-state index >= 15 is 0 Å². The van der Waals surface area contributed by atoms with Crippen LogP contribution >= 0.6 is 0 Å². The lowest BCUT2D eigenvalue weighted by molar-refractivity contribution is 0.0478. The fraction of sp³-hybridized carbons (Fsp3) is 0.250. The van der Waals surface area contributed by atoms with E-state index in [4.69, 9.17) is 4.74 Å². The third kappa shape index (κ3) is 2.60. The van der Waals surface area contributed by atoms with Gasteiger partial charge in [-0.1, -0.05) is 60.2 Å². The van der Waals surface area contributed by atoms with Gasteiger partial charge in [0.1, 0.15) is 6.10 Å². The maximum Gasteiger partial charge on any atom is 0.331 e. The van der Waals surface area contributed by atoms with Crippen molar-refractivity contribution in [3.8, 4) is 11.3 Å². The van der Waals surface area contributed by atoms with E-state index in [0.29, 0.717) is 24.1 Å². The van der Waals surface area contributed by atoms with Crippen molar-refractivity contribution in [3.05, 3.63) is 92.3 Å². The van der Waals surface area contributed by atoms with Gasteiger partial charge < -0.3 is 9.30 Å². The average Bonchev–Trinajstić information content (AvgIpc) is 3.12. The molecule has 6 heteroatoms. The van der Waals surface area contributed by atoms with E-state index in [-0.39, 0.29) is 17.4 Å². The average molecular weight is 401 g/mol. The van der Waals surface area contributed by atoms with E-state index in [1.54, 1.807) is 11.6 Å². The molecule has 0 unspecified atom stereocenters. The van der Waals surface area contributed by atoms with Crippen LogP contribution in [-0.4, -0.2) is 20.3 Å². The van der Waals surface area contributed by atoms with Crippen LogP contribution in [0.2, 0.25) is 0 Å². The Morgan fingerprint density at radius 2 is 1.73 bits per heavy atom. The van der Waals surface area contributed by atoms with Crippen LogP contribution < -0.4 is 11.2 Å². The number of aryl methyl sites for hydroxylation is 2. The summed E-state index contributed by atoms with van der Waals surface area (Å²) < 4.78 is 11.1. The predicted octanol–water partition coefficient (Wildman–Crippen LogP) is 3.13. The van der Waals surface area contributed by atoms with Crippen molar-refractivity contribution in [2.24, 2.45) is 14.1 Å². The van der Waals surface area contributed by atoms with Gasteiger partial charge >= 0.3 is 5.69 Å². The monoisotopic (exact) mass is 401 g/mol. The van der Waals surface area contributed by atoms with Gasteiger partial charge in [-0.25, -0.2) is 4.79 Å². The zero-order valence-electron chi connectivity index (χ0n) is 17.3. The fourth-order valence-corrected chi connectivity index (χ4v) is 4.56. The summed E-state index contributed by atoms with van der Waals surface area (Å²) in [5.74, 6) is 0. The summed E-state index contributed by atoms with van der Waals surface area (Å²) in [5.41, 5.74) is 4.84. The summed E-state index contributed by atoms with van der Waals surface area (Å²) in [5, 5.41) is 0.559. The quantitative estimate of drug-likeness (QED) is 0.519. The molecular weight excluding hydrogens is 378 g/mol. The summed E-state index contributed by atoms with van der Waals surface area (Å²) in [4.78, 5) is 26.1. The van der Waals surface area contributed by atoms with Gasteiger partial charge in [0.25, 0.3) is 5.56 Å². The second-order valence-corrected chi connectivity index (χ2v) is 7.85. The summed E-state index contributed by atoms with van der Waals surface area (Å²) in [6.07, 6.45) is -0.351. The smallest absolute Gasteiger partial charge is 0.331 e. The molecule has 6 nitrogen and oxygen atoms in total. The van der Waals surface area contributed by atoms with E-state index in [9.17, 15) is 9.59 Å². The van der Waals surface area contributed by atoms with Crippen LogP contribution in [0.15, 0.2) is 64.2 Å². The number of aromatic nitrogens is 3. The van der Waals surface area contributed by atoms with Crippen LogP contribution in [-0.2, 0) is 25.4 Å². The molecule has 0 fully saturated rings. The SMILES string of the molecule is Cc1cccc([C@@H]2OCCn3c(-c4ccccc4)c4c(=O)n(C)c(=O)n(C)c4c32)c1. The molecule has 0 saturated carbocycles. The maximum absolute atomic E-state index is 13.3. The van der Waals surface area contributed by atoms with Gasteiger partial charge in [-0.05, 0) is 18.1 Å². The molecule has 0 saturated heterocycles. The molecule has 3 heterocycles. The first-order chi connectivity index (χ1) is 14.5. The first kappa shape index (κ1) is 18.6. The van der Waals surface area contributed by atoms with Gasteiger partial charge in [0.15, 0.2) is 0 Å². The Labute approximate surface area is 173 Å². The summed E-state index contributed by atoms with van der Waals surface area (Å²) in [6.45, 7) is 3.19. The molecule has 2 aromatic heterocycles. The van der Waals surface area contributed by atoms with Gasteiger partial charge in [-0.15, -0.1) is 0 Å². The van der Waals surface area contributed by atoms with Crippen LogP contribution in [0.4, 0.5) is 0 Å². The minimum Gasteiger partial charge on any atom is -0.365 e. The molecule has 0 bridgehead atoms. The first-order valence-electron chi connectivity index (χ1n) is 10.0. The molecule has 5 rings (SSSR count). The minimum atomic E-state index is -0.351. The standard InChI is InChI=1S/C24H23N3O3/c1-15-8-7-11-17(14-15)22-21-20-18(23(28)26(3)24(29)25(20)2)19(27(21)12-13-30-22)16-9-5-4-6-10-16/h4-11,14,22H,12-13H2,1-3H3/t22-/m0/s1. The number of rotatable bonds is 2. The van der Waals surface area contributed by atoms with Gasteiger partial charge in [-0.2, -0.15) is 0 Å². The van der Waals surface area contributed by atoms with Crippen molar-refractivity contribution in [3.63, 3.8) is 0 Å². The number of fused-ring (bicyclic) bond motifs is 3. The Balaban J connectivity index is 1.96. The highest BCUT2D eigenvalue weighted by atomic mass is 16.5. The van der Waals surface area contributed by atoms with Crippen LogP contribution in [0.5, 0.6) is 0 Å². The summed E-state index contributed by atoms with van der Waals surface area (Å²) in [7, 11) is 3.26. The van der Waals surface area contributed by atoms with Gasteiger partial charge in [0.05, 0.1) is 28.9 Å². The molecule has 1 aliphatic rings. The van der Waals surface area contributed by atoms with Crippen LogP contribution in [0.25, 0.3) is 22.2 Å². The lowest BCUT2D eigenvalue weighted by atomic mass is 10.0. The Bertz CT molecular complexity index is 1390. The van der Waals surface area contributed by atoms with E-state index in [2.05, 4.69) is 10.6 Å². The highest BCUT2D eigenvalue weighted by Crippen LogP contribution is 2.40. The lowest BCUT2D eigenvalue weighted by Gasteiger charge is -2.28. The Morgan fingerprint density at radius 1 is 0.967 bits per heavy atom. The molecule has 30 heavy (non-hydrogen) atoms. The number of nitrogens with zero attached hydrogens (tertiary/aromatic N) is 3. The molecule has 152 valence electrons. The minimum absolute atomic E-state index is 0.281. The molecule has 4 aromatic rings. The van der Waals surface area contributed by atoms with Crippen molar-refractivity contribution in [1.29, 1.82) is 0 Å². The highest BCUT2D eigenvalue weighted by molar-refractivity contribution is 5.96. The zero-order valence-corrected chi connectivity index (χ0v) is 17.3. The third-order valence-corrected chi connectivity index (χ3v) is 5.94. The molecule has 0 amide bonds. The molecule has 1 aliphatic heterocycles. The number of benzene rings is 2. The summed E-state index contributed by atoms with van der Waals surface area (Å²) >= 11 is 0. The molecule has 0 spiro atoms. The van der Waals surface area contributed by atoms with Gasteiger partial charge in [0.2, 0.25) is 0 Å². The van der Waals surface area contributed by atoms with Crippen LogP contribution in [0, 0.1) is 6.92 Å². The van der Waals surface area contributed by atoms with Gasteiger partial charge in [0, 0.05) is 20.6 Å². The van der Waals surface area contributed by atoms with E-state index in [1.165, 1.54) is 11.6 Å². The van der Waals surface area contributed by atoms with Crippen LogP contribution in [0.3, 0.4) is 0 Å². The summed E-state index contributed by atoms with van der Waals surface area (Å²) in [6, 6.07) is 18.1. The zero-order chi connectivity index (χ0) is 21.0. The number of hydrogen-bond donors (Lipinski definition) is 0. The number of ether oxygens (including phenoxy) is 1. The van der Waals surface area contributed by atoms with E-state index in [0.717, 1.165) is 28.1 Å². The first-order valence-corrected chi connectivity index (χ1v) is 10.0. The largest absolute Gasteiger partial charge is 0.365 e. The van der Waals surface area contributed by atoms with Crippen molar-refractivity contribution in [2.75, 3.05) is 6.61 Å². The lowest BCUT2D eigenvalue weighted by Crippen LogP contribution is -2.37. The Morgan fingerprint density at radius 3 is 2.47 bits per heavy atom. The van der Waals surface area contributed by atoms with Crippen molar-refractivity contribution in [2.45, 2.75) is 19.6 Å². The van der Waals surface area contributed by atoms with Crippen molar-refractivity contribution < 1.29 is 4.74 Å². The second-order valence-electron chi connectivity index (χ2n) is 7.85. The Kier molecular flexibility index (Phi) is 4.25. The topological polar surface area (TPSA) is 58.2 Å². The van der Waals surface area contributed by atoms with Crippen molar-refractivity contribution >= 4 is 10.9 Å². The van der Waals surface area contributed by atoms with E-state index < -0.39 is 0 Å². The van der Waals surface area contributed by atoms with Crippen molar-refractivity contribution in [1.82, 2.24) is 13.7 Å².